The van der Waals surface area contributed by atoms with E-state index in [2.05, 4.69) is 20.4 Å². The van der Waals surface area contributed by atoms with Crippen LogP contribution >= 0.6 is 0 Å². The molecule has 122 valence electrons. The first-order chi connectivity index (χ1) is 11.2. The average Bonchev–Trinajstić information content (AvgIpc) is 2.83. The summed E-state index contributed by atoms with van der Waals surface area (Å²) in [5.41, 5.74) is 1.97. The lowest BCUT2D eigenvalue weighted by molar-refractivity contribution is -0.129. The predicted octanol–water partition coefficient (Wildman–Crippen LogP) is 1.05. The molecule has 0 radical (unpaired) electrons. The summed E-state index contributed by atoms with van der Waals surface area (Å²) >= 11 is 0. The van der Waals surface area contributed by atoms with Gasteiger partial charge < -0.3 is 15.0 Å². The van der Waals surface area contributed by atoms with Crippen LogP contribution in [-0.2, 0) is 24.4 Å². The standard InChI is InChI=1S/C15H20N6O2/c1-11(22)20-4-3-5-21-13(10-20)6-12(19-21)7-16-15-17-8-14(23-2)9-18-15/h6,8-9H,3-5,7,10H2,1-2H3,(H,16,17,18). The molecule has 1 N–H and O–H groups in total. The third-order valence-electron chi connectivity index (χ3n) is 3.80. The minimum absolute atomic E-state index is 0.103. The van der Waals surface area contributed by atoms with Gasteiger partial charge in [0, 0.05) is 20.0 Å². The summed E-state index contributed by atoms with van der Waals surface area (Å²) in [5.74, 6) is 1.25. The number of fused-ring (bicyclic) bond motifs is 1. The summed E-state index contributed by atoms with van der Waals surface area (Å²) in [5, 5.41) is 7.73. The predicted molar refractivity (Wildman–Crippen MR) is 83.8 cm³/mol. The minimum Gasteiger partial charge on any atom is -0.494 e. The summed E-state index contributed by atoms with van der Waals surface area (Å²) in [6.45, 7) is 4.37. The van der Waals surface area contributed by atoms with Gasteiger partial charge in [-0.3, -0.25) is 9.48 Å². The van der Waals surface area contributed by atoms with Gasteiger partial charge in [0.2, 0.25) is 11.9 Å². The van der Waals surface area contributed by atoms with Crippen LogP contribution in [0.4, 0.5) is 5.95 Å². The van der Waals surface area contributed by atoms with Gasteiger partial charge in [0.15, 0.2) is 5.75 Å². The molecule has 0 fully saturated rings. The summed E-state index contributed by atoms with van der Waals surface area (Å²) in [7, 11) is 1.58. The first-order valence-electron chi connectivity index (χ1n) is 7.56. The van der Waals surface area contributed by atoms with Gasteiger partial charge in [0.1, 0.15) is 0 Å². The van der Waals surface area contributed by atoms with Crippen molar-refractivity contribution in [1.82, 2.24) is 24.6 Å². The second-order valence-electron chi connectivity index (χ2n) is 5.44. The molecule has 8 heteroatoms. The number of hydrogen-bond donors (Lipinski definition) is 1. The van der Waals surface area contributed by atoms with E-state index in [0.29, 0.717) is 24.8 Å². The molecule has 1 aliphatic heterocycles. The van der Waals surface area contributed by atoms with E-state index in [1.807, 2.05) is 15.6 Å². The van der Waals surface area contributed by atoms with Gasteiger partial charge in [0.05, 0.1) is 44.0 Å². The Morgan fingerprint density at radius 2 is 2.13 bits per heavy atom. The monoisotopic (exact) mass is 316 g/mol. The molecular formula is C15H20N6O2. The average molecular weight is 316 g/mol. The van der Waals surface area contributed by atoms with Crippen LogP contribution in [0.15, 0.2) is 18.5 Å². The van der Waals surface area contributed by atoms with E-state index in [-0.39, 0.29) is 5.91 Å². The van der Waals surface area contributed by atoms with E-state index in [0.717, 1.165) is 30.9 Å². The molecule has 2 aromatic rings. The molecule has 0 bridgehead atoms. The highest BCUT2D eigenvalue weighted by Gasteiger charge is 2.18. The van der Waals surface area contributed by atoms with Crippen molar-refractivity contribution in [3.05, 3.63) is 29.8 Å². The van der Waals surface area contributed by atoms with Gasteiger partial charge in [-0.25, -0.2) is 9.97 Å². The number of aryl methyl sites for hydroxylation is 1. The Hall–Kier alpha value is -2.64. The molecule has 3 heterocycles. The van der Waals surface area contributed by atoms with Gasteiger partial charge in [-0.1, -0.05) is 0 Å². The maximum Gasteiger partial charge on any atom is 0.223 e. The molecule has 0 atom stereocenters. The Balaban J connectivity index is 1.65. The molecule has 0 aliphatic carbocycles. The number of methoxy groups -OCH3 is 1. The number of hydrogen-bond acceptors (Lipinski definition) is 6. The molecule has 0 saturated heterocycles. The van der Waals surface area contributed by atoms with Crippen molar-refractivity contribution in [2.75, 3.05) is 19.0 Å². The summed E-state index contributed by atoms with van der Waals surface area (Å²) in [6.07, 6.45) is 4.15. The van der Waals surface area contributed by atoms with Crippen molar-refractivity contribution in [2.24, 2.45) is 0 Å². The van der Waals surface area contributed by atoms with Crippen LogP contribution in [0.1, 0.15) is 24.7 Å². The third kappa shape index (κ3) is 3.58. The Morgan fingerprint density at radius 1 is 1.35 bits per heavy atom. The van der Waals surface area contributed by atoms with Crippen LogP contribution in [0.2, 0.25) is 0 Å². The van der Waals surface area contributed by atoms with Gasteiger partial charge >= 0.3 is 0 Å². The van der Waals surface area contributed by atoms with Gasteiger partial charge in [0.25, 0.3) is 0 Å². The van der Waals surface area contributed by atoms with E-state index in [1.165, 1.54) is 0 Å². The first kappa shape index (κ1) is 15.3. The Morgan fingerprint density at radius 3 is 2.83 bits per heavy atom. The van der Waals surface area contributed by atoms with Crippen molar-refractivity contribution >= 4 is 11.9 Å². The number of amides is 1. The van der Waals surface area contributed by atoms with E-state index in [1.54, 1.807) is 26.4 Å². The Labute approximate surface area is 134 Å². The molecule has 2 aromatic heterocycles. The lowest BCUT2D eigenvalue weighted by Gasteiger charge is -2.17. The fourth-order valence-corrected chi connectivity index (χ4v) is 2.56. The topological polar surface area (TPSA) is 85.2 Å². The number of anilines is 1. The number of ether oxygens (including phenoxy) is 1. The number of aromatic nitrogens is 4. The number of nitrogens with zero attached hydrogens (tertiary/aromatic N) is 5. The second kappa shape index (κ2) is 6.64. The molecule has 0 unspecified atom stereocenters. The van der Waals surface area contributed by atoms with E-state index < -0.39 is 0 Å². The number of carbonyl (C=O) groups excluding carboxylic acids is 1. The quantitative estimate of drug-likeness (QED) is 0.907. The minimum atomic E-state index is 0.103. The zero-order valence-corrected chi connectivity index (χ0v) is 13.3. The van der Waals surface area contributed by atoms with Gasteiger partial charge in [-0.2, -0.15) is 5.10 Å². The summed E-state index contributed by atoms with van der Waals surface area (Å²) in [4.78, 5) is 21.8. The smallest absolute Gasteiger partial charge is 0.223 e. The molecule has 0 aromatic carbocycles. The highest BCUT2D eigenvalue weighted by molar-refractivity contribution is 5.73. The zero-order chi connectivity index (χ0) is 16.2. The van der Waals surface area contributed by atoms with Crippen LogP contribution < -0.4 is 10.1 Å². The maximum absolute atomic E-state index is 11.6. The maximum atomic E-state index is 11.6. The van der Waals surface area contributed by atoms with Gasteiger partial charge in [-0.05, 0) is 12.5 Å². The fraction of sp³-hybridized carbons (Fsp3) is 0.467. The van der Waals surface area contributed by atoms with Crippen LogP contribution in [0, 0.1) is 0 Å². The van der Waals surface area contributed by atoms with Gasteiger partial charge in [-0.15, -0.1) is 0 Å². The second-order valence-corrected chi connectivity index (χ2v) is 5.44. The Kier molecular flexibility index (Phi) is 4.40. The molecule has 0 saturated carbocycles. The zero-order valence-electron chi connectivity index (χ0n) is 13.3. The van der Waals surface area contributed by atoms with Crippen molar-refractivity contribution in [3.8, 4) is 5.75 Å². The fourth-order valence-electron chi connectivity index (χ4n) is 2.56. The number of rotatable bonds is 4. The summed E-state index contributed by atoms with van der Waals surface area (Å²) in [6, 6.07) is 2.03. The Bertz CT molecular complexity index is 682. The van der Waals surface area contributed by atoms with Crippen LogP contribution in [0.25, 0.3) is 0 Å². The molecule has 8 nitrogen and oxygen atoms in total. The van der Waals surface area contributed by atoms with Crippen molar-refractivity contribution in [3.63, 3.8) is 0 Å². The van der Waals surface area contributed by atoms with E-state index in [9.17, 15) is 4.79 Å². The van der Waals surface area contributed by atoms with E-state index >= 15 is 0 Å². The molecular weight excluding hydrogens is 296 g/mol. The van der Waals surface area contributed by atoms with Crippen LogP contribution in [-0.4, -0.2) is 44.2 Å². The van der Waals surface area contributed by atoms with Crippen LogP contribution in [0.3, 0.4) is 0 Å². The van der Waals surface area contributed by atoms with Crippen molar-refractivity contribution in [2.45, 2.75) is 33.0 Å². The third-order valence-corrected chi connectivity index (χ3v) is 3.80. The largest absolute Gasteiger partial charge is 0.494 e. The highest BCUT2D eigenvalue weighted by Crippen LogP contribution is 2.15. The SMILES string of the molecule is COc1cnc(NCc2cc3n(n2)CCCN(C(C)=O)C3)nc1. The summed E-state index contributed by atoms with van der Waals surface area (Å²) < 4.78 is 7.01. The molecule has 0 spiro atoms. The molecule has 1 aliphatic rings. The number of carbonyl (C=O) groups is 1. The number of nitrogens with one attached hydrogen (secondary N) is 1. The lowest BCUT2D eigenvalue weighted by Crippen LogP contribution is -2.28. The molecule has 3 rings (SSSR count). The van der Waals surface area contributed by atoms with Crippen molar-refractivity contribution in [1.29, 1.82) is 0 Å². The molecule has 1 amide bonds. The van der Waals surface area contributed by atoms with E-state index in [4.69, 9.17) is 4.74 Å². The lowest BCUT2D eigenvalue weighted by atomic mass is 10.3. The molecule has 23 heavy (non-hydrogen) atoms. The first-order valence-corrected chi connectivity index (χ1v) is 7.56. The normalized spacial score (nSPS) is 14.1. The highest BCUT2D eigenvalue weighted by atomic mass is 16.5. The van der Waals surface area contributed by atoms with Crippen molar-refractivity contribution < 1.29 is 9.53 Å². The van der Waals surface area contributed by atoms with Crippen LogP contribution in [0.5, 0.6) is 5.75 Å².